The van der Waals surface area contributed by atoms with Gasteiger partial charge in [-0.05, 0) is 13.3 Å². The normalized spacial score (nSPS) is 26.4. The molecule has 1 saturated heterocycles. The first-order chi connectivity index (χ1) is 10.0. The van der Waals surface area contributed by atoms with Crippen LogP contribution in [0.2, 0.25) is 0 Å². The minimum atomic E-state index is -1.19. The fourth-order valence-electron chi connectivity index (χ4n) is 2.44. The summed E-state index contributed by atoms with van der Waals surface area (Å²) in [4.78, 5) is 27.4. The second kappa shape index (κ2) is 6.93. The molecule has 0 aliphatic carbocycles. The molecule has 0 spiro atoms. The molecule has 1 fully saturated rings. The van der Waals surface area contributed by atoms with Gasteiger partial charge in [0.05, 0.1) is 6.10 Å². The van der Waals surface area contributed by atoms with Crippen molar-refractivity contribution < 1.29 is 24.2 Å². The number of ether oxygens (including phenoxy) is 2. The molecule has 0 aromatic rings. The van der Waals surface area contributed by atoms with Crippen molar-refractivity contribution in [2.45, 2.75) is 51.3 Å². The molecule has 4 atom stereocenters. The van der Waals surface area contributed by atoms with Gasteiger partial charge in [-0.1, -0.05) is 13.8 Å². The lowest BCUT2D eigenvalue weighted by molar-refractivity contribution is -0.215. The van der Waals surface area contributed by atoms with Crippen LogP contribution in [-0.4, -0.2) is 79.0 Å². The molecule has 0 bridgehead atoms. The summed E-state index contributed by atoms with van der Waals surface area (Å²) in [6.45, 7) is 5.30. The van der Waals surface area contributed by atoms with Gasteiger partial charge in [-0.15, -0.1) is 0 Å². The van der Waals surface area contributed by atoms with Crippen molar-refractivity contribution >= 4 is 11.8 Å². The molecular formula is C15H28N2O5. The molecule has 0 aromatic carbocycles. The standard InChI is InChI=1S/C15H28N2O5/c1-8-10(18)9(2)15(3)21-11(13(19)16(4)5)12(22-15)14(20)17(6)7/h9-12,18H,8H2,1-7H3/t9?,10?,11-,12-/m1/s1. The van der Waals surface area contributed by atoms with E-state index in [0.29, 0.717) is 6.42 Å². The van der Waals surface area contributed by atoms with Gasteiger partial charge in [0.2, 0.25) is 0 Å². The molecule has 1 heterocycles. The molecule has 1 aliphatic rings. The highest BCUT2D eigenvalue weighted by atomic mass is 16.8. The van der Waals surface area contributed by atoms with Gasteiger partial charge < -0.3 is 24.4 Å². The monoisotopic (exact) mass is 316 g/mol. The van der Waals surface area contributed by atoms with Crippen LogP contribution in [0.1, 0.15) is 27.2 Å². The lowest BCUT2D eigenvalue weighted by Crippen LogP contribution is -2.47. The first-order valence-electron chi connectivity index (χ1n) is 7.51. The zero-order valence-electron chi connectivity index (χ0n) is 14.5. The first-order valence-corrected chi connectivity index (χ1v) is 7.51. The third-order valence-electron chi connectivity index (χ3n) is 4.19. The van der Waals surface area contributed by atoms with Gasteiger partial charge in [-0.2, -0.15) is 0 Å². The molecule has 1 aliphatic heterocycles. The summed E-state index contributed by atoms with van der Waals surface area (Å²) in [6.07, 6.45) is -2.14. The maximum atomic E-state index is 12.3. The second-order valence-electron chi connectivity index (χ2n) is 6.32. The molecule has 2 unspecified atom stereocenters. The minimum Gasteiger partial charge on any atom is -0.393 e. The molecular weight excluding hydrogens is 288 g/mol. The predicted octanol–water partition coefficient (Wildman–Crippen LogP) is 0.0700. The van der Waals surface area contributed by atoms with Crippen LogP contribution in [0.3, 0.4) is 0 Å². The van der Waals surface area contributed by atoms with E-state index in [9.17, 15) is 14.7 Å². The maximum absolute atomic E-state index is 12.3. The quantitative estimate of drug-likeness (QED) is 0.776. The Balaban J connectivity index is 3.09. The highest BCUT2D eigenvalue weighted by molar-refractivity contribution is 5.91. The van der Waals surface area contributed by atoms with E-state index < -0.39 is 24.1 Å². The Hall–Kier alpha value is -1.18. The SMILES string of the molecule is CCC(O)C(C)C1(C)O[C@@H](C(=O)N(C)C)[C@H](C(=O)N(C)C)O1. The van der Waals surface area contributed by atoms with Crippen molar-refractivity contribution in [3.05, 3.63) is 0 Å². The van der Waals surface area contributed by atoms with Gasteiger partial charge in [0.1, 0.15) is 0 Å². The highest BCUT2D eigenvalue weighted by Gasteiger charge is 2.55. The van der Waals surface area contributed by atoms with Crippen molar-refractivity contribution in [2.75, 3.05) is 28.2 Å². The zero-order valence-corrected chi connectivity index (χ0v) is 14.5. The number of nitrogens with zero attached hydrogens (tertiary/aromatic N) is 2. The van der Waals surface area contributed by atoms with Gasteiger partial charge in [0.25, 0.3) is 11.8 Å². The smallest absolute Gasteiger partial charge is 0.254 e. The fourth-order valence-corrected chi connectivity index (χ4v) is 2.44. The Labute approximate surface area is 132 Å². The predicted molar refractivity (Wildman–Crippen MR) is 81.0 cm³/mol. The van der Waals surface area contributed by atoms with Crippen LogP contribution in [0.25, 0.3) is 0 Å². The number of rotatable bonds is 5. The Kier molecular flexibility index (Phi) is 5.95. The summed E-state index contributed by atoms with van der Waals surface area (Å²) >= 11 is 0. The largest absolute Gasteiger partial charge is 0.393 e. The summed E-state index contributed by atoms with van der Waals surface area (Å²) in [5.41, 5.74) is 0. The lowest BCUT2D eigenvalue weighted by atomic mass is 9.94. The molecule has 7 heteroatoms. The summed E-state index contributed by atoms with van der Waals surface area (Å²) in [6, 6.07) is 0. The van der Waals surface area contributed by atoms with Gasteiger partial charge in [0.15, 0.2) is 18.0 Å². The van der Waals surface area contributed by atoms with Crippen LogP contribution < -0.4 is 0 Å². The number of aliphatic hydroxyl groups excluding tert-OH is 1. The Morgan fingerprint density at radius 2 is 1.45 bits per heavy atom. The molecule has 1 N–H and O–H groups in total. The molecule has 0 saturated carbocycles. The van der Waals surface area contributed by atoms with Crippen LogP contribution in [0.5, 0.6) is 0 Å². The molecule has 2 amide bonds. The van der Waals surface area contributed by atoms with Gasteiger partial charge in [-0.3, -0.25) is 9.59 Å². The molecule has 1 rings (SSSR count). The topological polar surface area (TPSA) is 79.3 Å². The number of hydrogen-bond acceptors (Lipinski definition) is 5. The highest BCUT2D eigenvalue weighted by Crippen LogP contribution is 2.38. The summed E-state index contributed by atoms with van der Waals surface area (Å²) in [5.74, 6) is -2.23. The second-order valence-corrected chi connectivity index (χ2v) is 6.32. The summed E-state index contributed by atoms with van der Waals surface area (Å²) in [5, 5.41) is 10.1. The number of hydrogen-bond donors (Lipinski definition) is 1. The van der Waals surface area contributed by atoms with E-state index in [-0.39, 0.29) is 17.7 Å². The van der Waals surface area contributed by atoms with Crippen LogP contribution in [-0.2, 0) is 19.1 Å². The molecule has 128 valence electrons. The van der Waals surface area contributed by atoms with Crippen LogP contribution in [0.4, 0.5) is 0 Å². The maximum Gasteiger partial charge on any atom is 0.254 e. The van der Waals surface area contributed by atoms with Crippen molar-refractivity contribution in [1.82, 2.24) is 9.80 Å². The van der Waals surface area contributed by atoms with E-state index in [1.165, 1.54) is 9.80 Å². The van der Waals surface area contributed by atoms with E-state index >= 15 is 0 Å². The molecule has 7 nitrogen and oxygen atoms in total. The Morgan fingerprint density at radius 1 is 1.09 bits per heavy atom. The Bertz CT molecular complexity index is 396. The third kappa shape index (κ3) is 3.59. The van der Waals surface area contributed by atoms with Crippen molar-refractivity contribution in [2.24, 2.45) is 5.92 Å². The number of carbonyl (C=O) groups excluding carboxylic acids is 2. The third-order valence-corrected chi connectivity index (χ3v) is 4.19. The van der Waals surface area contributed by atoms with E-state index in [4.69, 9.17) is 9.47 Å². The minimum absolute atomic E-state index is 0.331. The number of aliphatic hydroxyl groups is 1. The van der Waals surface area contributed by atoms with Gasteiger partial charge >= 0.3 is 0 Å². The first kappa shape index (κ1) is 18.9. The van der Waals surface area contributed by atoms with Crippen LogP contribution >= 0.6 is 0 Å². The molecule has 0 aromatic heterocycles. The number of amides is 2. The average Bonchev–Trinajstić information content (AvgIpc) is 2.82. The van der Waals surface area contributed by atoms with Gasteiger partial charge in [-0.25, -0.2) is 0 Å². The summed E-state index contributed by atoms with van der Waals surface area (Å²) in [7, 11) is 6.40. The van der Waals surface area contributed by atoms with Crippen LogP contribution in [0.15, 0.2) is 0 Å². The number of likely N-dealkylation sites (N-methyl/N-ethyl adjacent to an activating group) is 2. The van der Waals surface area contributed by atoms with E-state index in [1.807, 2.05) is 6.92 Å². The van der Waals surface area contributed by atoms with Crippen molar-refractivity contribution in [3.8, 4) is 0 Å². The van der Waals surface area contributed by atoms with E-state index in [2.05, 4.69) is 0 Å². The molecule has 22 heavy (non-hydrogen) atoms. The summed E-state index contributed by atoms with van der Waals surface area (Å²) < 4.78 is 11.6. The zero-order chi connectivity index (χ0) is 17.2. The fraction of sp³-hybridized carbons (Fsp3) is 0.867. The van der Waals surface area contributed by atoms with E-state index in [0.717, 1.165) is 0 Å². The molecule has 0 radical (unpaired) electrons. The Morgan fingerprint density at radius 3 is 1.73 bits per heavy atom. The van der Waals surface area contributed by atoms with Gasteiger partial charge in [0, 0.05) is 34.1 Å². The van der Waals surface area contributed by atoms with Crippen LogP contribution in [0, 0.1) is 5.92 Å². The lowest BCUT2D eigenvalue weighted by Gasteiger charge is -2.33. The average molecular weight is 316 g/mol. The van der Waals surface area contributed by atoms with Crippen molar-refractivity contribution in [1.29, 1.82) is 0 Å². The van der Waals surface area contributed by atoms with Crippen molar-refractivity contribution in [3.63, 3.8) is 0 Å². The number of carbonyl (C=O) groups is 2. The van der Waals surface area contributed by atoms with E-state index in [1.54, 1.807) is 42.0 Å².